The Hall–Kier alpha value is -3.36. The number of aromatic hydroxyl groups is 1. The molecule has 0 aliphatic carbocycles. The second-order valence-electron chi connectivity index (χ2n) is 10.8. The molecule has 0 radical (unpaired) electrons. The summed E-state index contributed by atoms with van der Waals surface area (Å²) in [5, 5.41) is 27.3. The summed E-state index contributed by atoms with van der Waals surface area (Å²) in [6.07, 6.45) is 0.370. The lowest BCUT2D eigenvalue weighted by atomic mass is 9.90. The van der Waals surface area contributed by atoms with Crippen LogP contribution in [0.3, 0.4) is 0 Å². The van der Waals surface area contributed by atoms with Gasteiger partial charge in [0.25, 0.3) is 5.91 Å². The van der Waals surface area contributed by atoms with Crippen LogP contribution in [0.25, 0.3) is 0 Å². The highest BCUT2D eigenvalue weighted by molar-refractivity contribution is 5.95. The number of aliphatic hydroxyl groups is 1. The van der Waals surface area contributed by atoms with E-state index in [1.165, 1.54) is 11.6 Å². The third-order valence-corrected chi connectivity index (χ3v) is 6.10. The predicted molar refractivity (Wildman–Crippen MR) is 144 cm³/mol. The molecule has 0 saturated heterocycles. The van der Waals surface area contributed by atoms with E-state index in [2.05, 4.69) is 28.6 Å². The van der Waals surface area contributed by atoms with Gasteiger partial charge < -0.3 is 20.8 Å². The summed E-state index contributed by atoms with van der Waals surface area (Å²) < 4.78 is 27.7. The van der Waals surface area contributed by atoms with E-state index < -0.39 is 29.7 Å². The van der Waals surface area contributed by atoms with Crippen molar-refractivity contribution in [3.05, 3.63) is 94.3 Å². The van der Waals surface area contributed by atoms with E-state index in [0.29, 0.717) is 18.7 Å². The van der Waals surface area contributed by atoms with Gasteiger partial charge in [0.15, 0.2) is 5.69 Å². The Labute approximate surface area is 223 Å². The highest BCUT2D eigenvalue weighted by Gasteiger charge is 2.25. The van der Waals surface area contributed by atoms with Crippen molar-refractivity contribution >= 4 is 5.91 Å². The first kappa shape index (κ1) is 29.2. The van der Waals surface area contributed by atoms with Gasteiger partial charge in [0.1, 0.15) is 17.4 Å². The van der Waals surface area contributed by atoms with Crippen LogP contribution >= 0.6 is 0 Å². The number of hydrogen-bond acceptors (Lipinski definition) is 5. The number of halogens is 2. The molecule has 3 rings (SSSR count). The summed E-state index contributed by atoms with van der Waals surface area (Å²) >= 11 is 0. The molecule has 0 fully saturated rings. The molecular formula is C30H37F2N3O3. The number of rotatable bonds is 11. The maximum atomic E-state index is 13.8. The van der Waals surface area contributed by atoms with E-state index in [1.54, 1.807) is 6.07 Å². The van der Waals surface area contributed by atoms with E-state index in [4.69, 9.17) is 0 Å². The molecule has 0 aliphatic heterocycles. The zero-order valence-corrected chi connectivity index (χ0v) is 22.4. The van der Waals surface area contributed by atoms with Crippen LogP contribution in [0.5, 0.6) is 5.75 Å². The highest BCUT2D eigenvalue weighted by Crippen LogP contribution is 2.23. The molecule has 6 nitrogen and oxygen atoms in total. The molecule has 2 aromatic carbocycles. The van der Waals surface area contributed by atoms with Gasteiger partial charge in [-0.3, -0.25) is 4.79 Å². The maximum absolute atomic E-state index is 13.8. The van der Waals surface area contributed by atoms with Crippen LogP contribution in [0.1, 0.15) is 60.6 Å². The van der Waals surface area contributed by atoms with Gasteiger partial charge in [-0.1, -0.05) is 52.0 Å². The lowest BCUT2D eigenvalue weighted by Crippen LogP contribution is -2.49. The minimum atomic E-state index is -1.10. The minimum Gasteiger partial charge on any atom is -0.505 e. The lowest BCUT2D eigenvalue weighted by Gasteiger charge is -2.25. The molecule has 4 N–H and O–H groups in total. The SMILES string of the molecule is CCc1cccc(CNC[C@@H](O)[C@H](Cc2cc(F)cc(F)c2)NC(=O)c2nc(CC(C)(C)C)ccc2O)c1. The van der Waals surface area contributed by atoms with Crippen LogP contribution in [0, 0.1) is 17.0 Å². The molecule has 1 heterocycles. The second kappa shape index (κ2) is 12.9. The van der Waals surface area contributed by atoms with Crippen LogP contribution in [-0.4, -0.2) is 39.8 Å². The molecule has 3 aromatic rings. The lowest BCUT2D eigenvalue weighted by molar-refractivity contribution is 0.0822. The van der Waals surface area contributed by atoms with Crippen molar-refractivity contribution in [2.24, 2.45) is 5.41 Å². The Morgan fingerprint density at radius 3 is 2.34 bits per heavy atom. The third kappa shape index (κ3) is 8.89. The molecule has 1 amide bonds. The van der Waals surface area contributed by atoms with Crippen molar-refractivity contribution in [3.8, 4) is 5.75 Å². The van der Waals surface area contributed by atoms with Gasteiger partial charge in [0.05, 0.1) is 12.1 Å². The zero-order chi connectivity index (χ0) is 27.9. The van der Waals surface area contributed by atoms with Gasteiger partial charge in [-0.2, -0.15) is 0 Å². The topological polar surface area (TPSA) is 94.5 Å². The Kier molecular flexibility index (Phi) is 9.94. The van der Waals surface area contributed by atoms with E-state index in [9.17, 15) is 23.8 Å². The largest absolute Gasteiger partial charge is 0.505 e. The highest BCUT2D eigenvalue weighted by atomic mass is 19.1. The molecule has 38 heavy (non-hydrogen) atoms. The summed E-state index contributed by atoms with van der Waals surface area (Å²) in [4.78, 5) is 17.5. The molecule has 0 spiro atoms. The van der Waals surface area contributed by atoms with Crippen LogP contribution in [0.2, 0.25) is 0 Å². The summed E-state index contributed by atoms with van der Waals surface area (Å²) in [6.45, 7) is 8.80. The van der Waals surface area contributed by atoms with Crippen LogP contribution in [0.4, 0.5) is 8.78 Å². The summed E-state index contributed by atoms with van der Waals surface area (Å²) in [5.74, 6) is -2.47. The van der Waals surface area contributed by atoms with E-state index >= 15 is 0 Å². The Bertz CT molecular complexity index is 1220. The number of aliphatic hydroxyl groups excluding tert-OH is 1. The van der Waals surface area contributed by atoms with Gasteiger partial charge in [-0.25, -0.2) is 13.8 Å². The molecule has 0 aliphatic rings. The van der Waals surface area contributed by atoms with Crippen molar-refractivity contribution in [1.29, 1.82) is 0 Å². The number of aromatic nitrogens is 1. The average molecular weight is 526 g/mol. The number of carbonyl (C=O) groups excluding carboxylic acids is 1. The smallest absolute Gasteiger partial charge is 0.274 e. The quantitative estimate of drug-likeness (QED) is 0.291. The van der Waals surface area contributed by atoms with Gasteiger partial charge in [0, 0.05) is 24.8 Å². The van der Waals surface area contributed by atoms with Crippen molar-refractivity contribution < 1.29 is 23.8 Å². The zero-order valence-electron chi connectivity index (χ0n) is 22.4. The molecule has 0 bridgehead atoms. The average Bonchev–Trinajstić information content (AvgIpc) is 2.83. The van der Waals surface area contributed by atoms with Crippen LogP contribution in [-0.2, 0) is 25.8 Å². The monoisotopic (exact) mass is 525 g/mol. The van der Waals surface area contributed by atoms with Crippen molar-refractivity contribution in [2.75, 3.05) is 6.54 Å². The molecule has 8 heteroatoms. The molecule has 1 aromatic heterocycles. The predicted octanol–water partition coefficient (Wildman–Crippen LogP) is 4.71. The van der Waals surface area contributed by atoms with Gasteiger partial charge in [-0.15, -0.1) is 0 Å². The number of pyridine rings is 1. The maximum Gasteiger partial charge on any atom is 0.274 e. The van der Waals surface area contributed by atoms with E-state index in [0.717, 1.165) is 30.2 Å². The Balaban J connectivity index is 1.77. The number of hydrogen-bond donors (Lipinski definition) is 4. The number of aryl methyl sites for hydroxylation is 1. The number of nitrogens with one attached hydrogen (secondary N) is 2. The number of nitrogens with zero attached hydrogens (tertiary/aromatic N) is 1. The number of amides is 1. The fourth-order valence-electron chi connectivity index (χ4n) is 4.27. The molecule has 204 valence electrons. The normalized spacial score (nSPS) is 13.2. The molecule has 0 unspecified atom stereocenters. The minimum absolute atomic E-state index is 0.0307. The first-order valence-corrected chi connectivity index (χ1v) is 12.8. The summed E-state index contributed by atoms with van der Waals surface area (Å²) in [6, 6.07) is 13.3. The number of carbonyl (C=O) groups is 1. The second-order valence-corrected chi connectivity index (χ2v) is 10.8. The van der Waals surface area contributed by atoms with Crippen molar-refractivity contribution in [3.63, 3.8) is 0 Å². The number of benzene rings is 2. The standard InChI is InChI=1S/C30H37F2N3O3/c1-5-19-7-6-8-20(11-19)17-33-18-27(37)25(14-21-12-22(31)15-23(32)13-21)35-29(38)28-26(36)10-9-24(34-28)16-30(2,3)4/h6-13,15,25,27,33,36-37H,5,14,16-18H2,1-4H3,(H,35,38)/t25-,27+/m0/s1. The molecule has 2 atom stereocenters. The molecule has 0 saturated carbocycles. The summed E-state index contributed by atoms with van der Waals surface area (Å²) in [7, 11) is 0. The van der Waals surface area contributed by atoms with Crippen molar-refractivity contribution in [1.82, 2.24) is 15.6 Å². The fraction of sp³-hybridized carbons (Fsp3) is 0.400. The van der Waals surface area contributed by atoms with Crippen LogP contribution < -0.4 is 10.6 Å². The van der Waals surface area contributed by atoms with Gasteiger partial charge in [-0.05, 0) is 65.6 Å². The fourth-order valence-corrected chi connectivity index (χ4v) is 4.27. The first-order valence-electron chi connectivity index (χ1n) is 12.8. The van der Waals surface area contributed by atoms with Crippen molar-refractivity contribution in [2.45, 2.75) is 65.6 Å². The van der Waals surface area contributed by atoms with E-state index in [-0.39, 0.29) is 35.4 Å². The Morgan fingerprint density at radius 2 is 1.68 bits per heavy atom. The van der Waals surface area contributed by atoms with Gasteiger partial charge >= 0.3 is 0 Å². The Morgan fingerprint density at radius 1 is 1.00 bits per heavy atom. The third-order valence-electron chi connectivity index (χ3n) is 6.10. The van der Waals surface area contributed by atoms with Crippen LogP contribution in [0.15, 0.2) is 54.6 Å². The van der Waals surface area contributed by atoms with Gasteiger partial charge in [0.2, 0.25) is 0 Å². The summed E-state index contributed by atoms with van der Waals surface area (Å²) in [5.41, 5.74) is 2.92. The molecular weight excluding hydrogens is 488 g/mol. The first-order chi connectivity index (χ1) is 17.9. The van der Waals surface area contributed by atoms with E-state index in [1.807, 2.05) is 39.0 Å².